The highest BCUT2D eigenvalue weighted by molar-refractivity contribution is 5.74. The second-order valence-corrected chi connectivity index (χ2v) is 0.635. The predicted octanol–water partition coefficient (Wildman–Crippen LogP) is -1.68. The summed E-state index contributed by atoms with van der Waals surface area (Å²) in [5, 5.41) is 10.2. The van der Waals surface area contributed by atoms with E-state index in [-0.39, 0.29) is 5.96 Å². The average Bonchev–Trinajstić information content (AvgIpc) is 1.38. The first-order valence-corrected chi connectivity index (χ1v) is 1.26. The predicted molar refractivity (Wildman–Crippen MR) is 20.4 cm³/mol. The third-order valence-corrected chi connectivity index (χ3v) is 0.256. The second-order valence-electron chi connectivity index (χ2n) is 0.635. The minimum Gasteiger partial charge on any atom is -0.368 e. The van der Waals surface area contributed by atoms with Crippen LogP contribution in [0.15, 0.2) is 0 Å². The highest BCUT2D eigenvalue weighted by Crippen LogP contribution is 1.25. The van der Waals surface area contributed by atoms with Crippen LogP contribution in [0.25, 0.3) is 0 Å². The molecule has 0 saturated carbocycles. The average molecular weight is 72.1 g/mol. The molecule has 0 heterocycles. The van der Waals surface area contributed by atoms with Crippen molar-refractivity contribution in [3.63, 3.8) is 0 Å². The Labute approximate surface area is 30.7 Å². The zero-order chi connectivity index (χ0) is 4.28. The van der Waals surface area contributed by atoms with Gasteiger partial charge in [-0.1, -0.05) is 0 Å². The molecular weight excluding hydrogens is 66.0 g/mol. The van der Waals surface area contributed by atoms with E-state index in [1.54, 1.807) is 0 Å². The van der Waals surface area contributed by atoms with Crippen LogP contribution in [0.2, 0.25) is 0 Å². The van der Waals surface area contributed by atoms with Gasteiger partial charge in [-0.15, -0.1) is 5.41 Å². The standard InChI is InChI=1S/C2H6N3/c1-5-2(3)4/h5H,3H2,1H3. The van der Waals surface area contributed by atoms with E-state index in [9.17, 15) is 0 Å². The first-order valence-electron chi connectivity index (χ1n) is 1.26. The first-order chi connectivity index (χ1) is 2.27. The molecule has 0 aliphatic heterocycles. The number of nitrogens with zero attached hydrogens (tertiary/aromatic N) is 1. The summed E-state index contributed by atoms with van der Waals surface area (Å²) in [6, 6.07) is 0. The number of nitrogens with two attached hydrogens (primary N) is 1. The molecule has 1 radical (unpaired) electrons. The van der Waals surface area contributed by atoms with Gasteiger partial charge in [0.15, 0.2) is 0 Å². The minimum atomic E-state index is -0.245. The SMILES string of the molecule is CNC(=[N])N. The van der Waals surface area contributed by atoms with Crippen molar-refractivity contribution in [3.05, 3.63) is 0 Å². The number of rotatable bonds is 0. The van der Waals surface area contributed by atoms with Crippen LogP contribution in [0.3, 0.4) is 0 Å². The zero-order valence-corrected chi connectivity index (χ0v) is 3.02. The van der Waals surface area contributed by atoms with Crippen molar-refractivity contribution >= 4 is 5.96 Å². The molecule has 0 atom stereocenters. The molecule has 3 heteroatoms. The number of hydrogen-bond donors (Lipinski definition) is 2. The Hall–Kier alpha value is -0.730. The number of guanidine groups is 1. The van der Waals surface area contributed by atoms with Crippen LogP contribution in [0.5, 0.6) is 0 Å². The van der Waals surface area contributed by atoms with Crippen molar-refractivity contribution in [2.45, 2.75) is 0 Å². The molecule has 0 aromatic carbocycles. The molecule has 3 nitrogen and oxygen atoms in total. The fraction of sp³-hybridized carbons (Fsp3) is 0.500. The highest BCUT2D eigenvalue weighted by atomic mass is 15.0. The van der Waals surface area contributed by atoms with E-state index in [1.165, 1.54) is 7.05 Å². The Morgan fingerprint density at radius 1 is 2.00 bits per heavy atom. The van der Waals surface area contributed by atoms with E-state index >= 15 is 0 Å². The Morgan fingerprint density at radius 2 is 2.20 bits per heavy atom. The molecule has 0 aliphatic rings. The van der Waals surface area contributed by atoms with Crippen LogP contribution in [-0.4, -0.2) is 13.0 Å². The summed E-state index contributed by atoms with van der Waals surface area (Å²) in [7, 11) is 1.54. The maximum atomic E-state index is 7.94. The third-order valence-electron chi connectivity index (χ3n) is 0.256. The van der Waals surface area contributed by atoms with Gasteiger partial charge in [0, 0.05) is 7.05 Å². The summed E-state index contributed by atoms with van der Waals surface area (Å²) in [4.78, 5) is 0. The summed E-state index contributed by atoms with van der Waals surface area (Å²) >= 11 is 0. The lowest BCUT2D eigenvalue weighted by Crippen LogP contribution is -2.27. The molecule has 5 heavy (non-hydrogen) atoms. The maximum absolute atomic E-state index is 7.94. The summed E-state index contributed by atoms with van der Waals surface area (Å²) in [5.41, 5.74) is 4.65. The topological polar surface area (TPSA) is 60.3 Å². The van der Waals surface area contributed by atoms with Crippen molar-refractivity contribution in [2.24, 2.45) is 5.73 Å². The molecule has 0 aromatic heterocycles. The molecule has 0 saturated heterocycles. The molecule has 0 spiro atoms. The van der Waals surface area contributed by atoms with Crippen LogP contribution in [0.4, 0.5) is 0 Å². The molecule has 0 fully saturated rings. The fourth-order valence-electron chi connectivity index (χ4n) is 0. The van der Waals surface area contributed by atoms with E-state index in [0.717, 1.165) is 0 Å². The Bertz CT molecular complexity index is 40.2. The maximum Gasteiger partial charge on any atom is 0.213 e. The van der Waals surface area contributed by atoms with Crippen LogP contribution < -0.4 is 16.5 Å². The second kappa shape index (κ2) is 1.58. The Kier molecular flexibility index (Phi) is 1.35. The Balaban J connectivity index is 2.85. The van der Waals surface area contributed by atoms with Gasteiger partial charge in [-0.3, -0.25) is 0 Å². The molecule has 0 rings (SSSR count). The van der Waals surface area contributed by atoms with Crippen molar-refractivity contribution in [3.8, 4) is 0 Å². The first kappa shape index (κ1) is 4.27. The van der Waals surface area contributed by atoms with Gasteiger partial charge in [-0.05, 0) is 0 Å². The lowest BCUT2D eigenvalue weighted by molar-refractivity contribution is 1.15. The van der Waals surface area contributed by atoms with Gasteiger partial charge >= 0.3 is 0 Å². The normalized spacial score (nSPS) is 6.60. The Morgan fingerprint density at radius 3 is 2.20 bits per heavy atom. The fourth-order valence-corrected chi connectivity index (χ4v) is 0. The van der Waals surface area contributed by atoms with E-state index in [4.69, 9.17) is 5.41 Å². The number of nitrogens with one attached hydrogen (secondary N) is 1. The van der Waals surface area contributed by atoms with E-state index in [2.05, 4.69) is 11.1 Å². The summed E-state index contributed by atoms with van der Waals surface area (Å²) < 4.78 is 0. The van der Waals surface area contributed by atoms with Gasteiger partial charge in [0.25, 0.3) is 0 Å². The summed E-state index contributed by atoms with van der Waals surface area (Å²) in [6.07, 6.45) is 0. The lowest BCUT2D eigenvalue weighted by Gasteiger charge is -1.83. The third kappa shape index (κ3) is 3.27. The van der Waals surface area contributed by atoms with Crippen molar-refractivity contribution in [1.82, 2.24) is 10.7 Å². The smallest absolute Gasteiger partial charge is 0.213 e. The highest BCUT2D eigenvalue weighted by Gasteiger charge is 1.68. The molecule has 0 bridgehead atoms. The van der Waals surface area contributed by atoms with Gasteiger partial charge in [0.1, 0.15) is 0 Å². The molecule has 0 unspecified atom stereocenters. The van der Waals surface area contributed by atoms with Gasteiger partial charge < -0.3 is 11.1 Å². The van der Waals surface area contributed by atoms with E-state index in [0.29, 0.717) is 0 Å². The largest absolute Gasteiger partial charge is 0.368 e. The van der Waals surface area contributed by atoms with E-state index < -0.39 is 0 Å². The zero-order valence-electron chi connectivity index (χ0n) is 3.02. The van der Waals surface area contributed by atoms with Gasteiger partial charge in [-0.25, -0.2) is 0 Å². The summed E-state index contributed by atoms with van der Waals surface area (Å²) in [5.74, 6) is -0.245. The van der Waals surface area contributed by atoms with Gasteiger partial charge in [-0.2, -0.15) is 0 Å². The van der Waals surface area contributed by atoms with Crippen molar-refractivity contribution in [2.75, 3.05) is 7.05 Å². The summed E-state index contributed by atoms with van der Waals surface area (Å²) in [6.45, 7) is 0. The van der Waals surface area contributed by atoms with Crippen LogP contribution in [0, 0.1) is 0 Å². The van der Waals surface area contributed by atoms with Gasteiger partial charge in [0.05, 0.1) is 0 Å². The van der Waals surface area contributed by atoms with Gasteiger partial charge in [0.2, 0.25) is 5.96 Å². The molecule has 29 valence electrons. The van der Waals surface area contributed by atoms with Crippen molar-refractivity contribution < 1.29 is 0 Å². The van der Waals surface area contributed by atoms with E-state index in [1.807, 2.05) is 0 Å². The minimum absolute atomic E-state index is 0.245. The molecule has 0 aliphatic carbocycles. The quantitative estimate of drug-likeness (QED) is 0.265. The molecule has 3 N–H and O–H groups in total. The van der Waals surface area contributed by atoms with Crippen LogP contribution >= 0.6 is 0 Å². The monoisotopic (exact) mass is 72.1 g/mol. The molecule has 0 amide bonds. The lowest BCUT2D eigenvalue weighted by atomic mass is 11.0. The van der Waals surface area contributed by atoms with Crippen molar-refractivity contribution in [1.29, 1.82) is 0 Å². The molecule has 0 aromatic rings. The van der Waals surface area contributed by atoms with Crippen LogP contribution in [-0.2, 0) is 0 Å². The number of hydrogen-bond acceptors (Lipinski definition) is 0. The van der Waals surface area contributed by atoms with Crippen LogP contribution in [0.1, 0.15) is 0 Å². The molecular formula is C2H6N3.